The zero-order chi connectivity index (χ0) is 23.0. The first kappa shape index (κ1) is 24.6. The number of nitrogens with zero attached hydrogens (tertiary/aromatic N) is 1. The number of carbonyl (C=O) groups excluding carboxylic acids is 1. The van der Waals surface area contributed by atoms with Crippen molar-refractivity contribution in [1.82, 2.24) is 10.2 Å². The SMILES string of the molecule is O=C(N[C@]1(c2ccccc2)CCN(CC2OCCO2)C[C@H]1O)C1(O)CCCCC1.O=CO. The highest BCUT2D eigenvalue weighted by molar-refractivity contribution is 5.86. The molecule has 1 aliphatic carbocycles. The van der Waals surface area contributed by atoms with Crippen LogP contribution in [0.3, 0.4) is 0 Å². The van der Waals surface area contributed by atoms with Crippen LogP contribution in [0.25, 0.3) is 0 Å². The largest absolute Gasteiger partial charge is 0.483 e. The number of carbonyl (C=O) groups is 2. The lowest BCUT2D eigenvalue weighted by Crippen LogP contribution is -2.65. The smallest absolute Gasteiger partial charge is 0.290 e. The zero-order valence-corrected chi connectivity index (χ0v) is 18.3. The van der Waals surface area contributed by atoms with Crippen molar-refractivity contribution in [2.75, 3.05) is 32.8 Å². The summed E-state index contributed by atoms with van der Waals surface area (Å²) in [5.41, 5.74) is -1.39. The van der Waals surface area contributed by atoms with Crippen LogP contribution in [0.15, 0.2) is 30.3 Å². The standard InChI is InChI=1S/C22H32N2O5.CH2O2/c25-18-15-24(16-19-28-13-14-29-19)12-11-22(18,17-7-3-1-4-8-17)23-20(26)21(27)9-5-2-6-10-21;2-1-3/h1,3-4,7-8,18-19,25,27H,2,5-6,9-16H2,(H,23,26);1H,(H,2,3)/t18-,22+;/m1./s1. The number of aliphatic hydroxyl groups is 2. The van der Waals surface area contributed by atoms with E-state index in [-0.39, 0.29) is 18.7 Å². The van der Waals surface area contributed by atoms with Crippen molar-refractivity contribution < 1.29 is 34.4 Å². The lowest BCUT2D eigenvalue weighted by atomic mass is 9.76. The number of hydrogen-bond acceptors (Lipinski definition) is 7. The first-order valence-corrected chi connectivity index (χ1v) is 11.3. The quantitative estimate of drug-likeness (QED) is 0.486. The molecule has 2 heterocycles. The molecule has 4 rings (SSSR count). The van der Waals surface area contributed by atoms with Crippen LogP contribution in [0.1, 0.15) is 44.1 Å². The van der Waals surface area contributed by atoms with E-state index in [1.165, 1.54) is 0 Å². The van der Waals surface area contributed by atoms with Gasteiger partial charge in [0.05, 0.1) is 24.9 Å². The predicted molar refractivity (Wildman–Crippen MR) is 116 cm³/mol. The minimum absolute atomic E-state index is 0.250. The van der Waals surface area contributed by atoms with Crippen LogP contribution in [0, 0.1) is 0 Å². The third kappa shape index (κ3) is 5.65. The maximum absolute atomic E-state index is 13.1. The molecule has 3 fully saturated rings. The van der Waals surface area contributed by atoms with E-state index in [0.29, 0.717) is 52.1 Å². The summed E-state index contributed by atoms with van der Waals surface area (Å²) in [6.45, 7) is 2.64. The summed E-state index contributed by atoms with van der Waals surface area (Å²) >= 11 is 0. The van der Waals surface area contributed by atoms with Gasteiger partial charge < -0.3 is 30.1 Å². The maximum atomic E-state index is 13.1. The Labute approximate surface area is 188 Å². The van der Waals surface area contributed by atoms with Gasteiger partial charge in [-0.05, 0) is 24.8 Å². The summed E-state index contributed by atoms with van der Waals surface area (Å²) < 4.78 is 11.1. The van der Waals surface area contributed by atoms with Crippen molar-refractivity contribution in [2.24, 2.45) is 0 Å². The van der Waals surface area contributed by atoms with Crippen LogP contribution in [0.5, 0.6) is 0 Å². The van der Waals surface area contributed by atoms with Crippen LogP contribution in [0.4, 0.5) is 0 Å². The highest BCUT2D eigenvalue weighted by atomic mass is 16.7. The lowest BCUT2D eigenvalue weighted by molar-refractivity contribution is -0.149. The Morgan fingerprint density at radius 2 is 1.75 bits per heavy atom. The van der Waals surface area contributed by atoms with Crippen molar-refractivity contribution in [3.63, 3.8) is 0 Å². The van der Waals surface area contributed by atoms with Crippen molar-refractivity contribution in [3.05, 3.63) is 35.9 Å². The van der Waals surface area contributed by atoms with E-state index in [2.05, 4.69) is 10.2 Å². The molecule has 0 unspecified atom stereocenters. The molecule has 0 radical (unpaired) electrons. The number of rotatable bonds is 5. The number of hydrogen-bond donors (Lipinski definition) is 4. The molecular formula is C23H34N2O7. The van der Waals surface area contributed by atoms with E-state index < -0.39 is 17.2 Å². The van der Waals surface area contributed by atoms with E-state index in [0.717, 1.165) is 24.8 Å². The van der Waals surface area contributed by atoms with Crippen molar-refractivity contribution in [3.8, 4) is 0 Å². The number of benzene rings is 1. The number of amides is 1. The van der Waals surface area contributed by atoms with Gasteiger partial charge in [-0.15, -0.1) is 0 Å². The minimum atomic E-state index is -1.34. The molecule has 32 heavy (non-hydrogen) atoms. The van der Waals surface area contributed by atoms with Gasteiger partial charge in [-0.1, -0.05) is 49.6 Å². The molecule has 0 spiro atoms. The Balaban J connectivity index is 0.000000913. The molecule has 1 aromatic rings. The van der Waals surface area contributed by atoms with Gasteiger partial charge in [-0.2, -0.15) is 0 Å². The summed E-state index contributed by atoms with van der Waals surface area (Å²) in [5.74, 6) is -0.365. The van der Waals surface area contributed by atoms with Crippen LogP contribution in [-0.2, 0) is 24.6 Å². The Hall–Kier alpha value is -2.04. The number of aliphatic hydroxyl groups excluding tert-OH is 1. The first-order chi connectivity index (χ1) is 15.4. The highest BCUT2D eigenvalue weighted by Gasteiger charge is 2.48. The first-order valence-electron chi connectivity index (χ1n) is 11.3. The van der Waals surface area contributed by atoms with Gasteiger partial charge in [-0.25, -0.2) is 0 Å². The summed E-state index contributed by atoms with van der Waals surface area (Å²) in [5, 5.41) is 32.1. The van der Waals surface area contributed by atoms with Gasteiger partial charge in [0, 0.05) is 19.6 Å². The van der Waals surface area contributed by atoms with Gasteiger partial charge in [0.1, 0.15) is 5.60 Å². The summed E-state index contributed by atoms with van der Waals surface area (Å²) in [4.78, 5) is 23.6. The number of nitrogens with one attached hydrogen (secondary N) is 1. The Morgan fingerprint density at radius 1 is 1.12 bits per heavy atom. The van der Waals surface area contributed by atoms with Crippen LogP contribution in [-0.4, -0.2) is 83.4 Å². The Kier molecular flexibility index (Phi) is 8.61. The molecule has 9 nitrogen and oxygen atoms in total. The number of ether oxygens (including phenoxy) is 2. The number of β-amino-alcohol motifs (C(OH)–C–C–N with tert-alkyl or cyclic N) is 1. The molecule has 4 N–H and O–H groups in total. The Bertz CT molecular complexity index is 735. The van der Waals surface area contributed by atoms with E-state index >= 15 is 0 Å². The normalized spacial score (nSPS) is 28.4. The van der Waals surface area contributed by atoms with Crippen LogP contribution >= 0.6 is 0 Å². The highest BCUT2D eigenvalue weighted by Crippen LogP contribution is 2.36. The molecular weight excluding hydrogens is 416 g/mol. The molecule has 0 aromatic heterocycles. The molecule has 0 bridgehead atoms. The average Bonchev–Trinajstić information content (AvgIpc) is 3.30. The summed E-state index contributed by atoms with van der Waals surface area (Å²) in [6, 6.07) is 9.63. The van der Waals surface area contributed by atoms with E-state index in [1.807, 2.05) is 30.3 Å². The van der Waals surface area contributed by atoms with Crippen molar-refractivity contribution in [1.29, 1.82) is 0 Å². The fourth-order valence-corrected chi connectivity index (χ4v) is 4.85. The second kappa shape index (κ2) is 11.2. The van der Waals surface area contributed by atoms with Crippen molar-refractivity contribution >= 4 is 12.4 Å². The van der Waals surface area contributed by atoms with Gasteiger partial charge in [0.25, 0.3) is 12.4 Å². The molecule has 2 saturated heterocycles. The van der Waals surface area contributed by atoms with Crippen LogP contribution < -0.4 is 5.32 Å². The second-order valence-electron chi connectivity index (χ2n) is 8.69. The lowest BCUT2D eigenvalue weighted by Gasteiger charge is -2.48. The van der Waals surface area contributed by atoms with Gasteiger partial charge in [0.2, 0.25) is 0 Å². The minimum Gasteiger partial charge on any atom is -0.483 e. The van der Waals surface area contributed by atoms with Crippen molar-refractivity contribution in [2.45, 2.75) is 62.1 Å². The molecule has 1 amide bonds. The molecule has 178 valence electrons. The van der Waals surface area contributed by atoms with Gasteiger partial charge in [-0.3, -0.25) is 14.5 Å². The molecule has 9 heteroatoms. The zero-order valence-electron chi connectivity index (χ0n) is 18.3. The molecule has 3 aliphatic rings. The third-order valence-corrected chi connectivity index (χ3v) is 6.65. The number of piperidine rings is 1. The molecule has 2 atom stereocenters. The number of carboxylic acid groups (broad SMARTS) is 1. The Morgan fingerprint density at radius 3 is 2.34 bits per heavy atom. The predicted octanol–water partition coefficient (Wildman–Crippen LogP) is 0.834. The average molecular weight is 451 g/mol. The molecule has 1 aromatic carbocycles. The third-order valence-electron chi connectivity index (χ3n) is 6.65. The number of likely N-dealkylation sites (tertiary alicyclic amines) is 1. The van der Waals surface area contributed by atoms with Gasteiger partial charge in [0.15, 0.2) is 6.29 Å². The van der Waals surface area contributed by atoms with E-state index in [9.17, 15) is 15.0 Å². The maximum Gasteiger partial charge on any atom is 0.290 e. The van der Waals surface area contributed by atoms with E-state index in [1.54, 1.807) is 0 Å². The second-order valence-corrected chi connectivity index (χ2v) is 8.69. The fraction of sp³-hybridized carbons (Fsp3) is 0.652. The monoisotopic (exact) mass is 450 g/mol. The van der Waals surface area contributed by atoms with Gasteiger partial charge >= 0.3 is 0 Å². The molecule has 1 saturated carbocycles. The summed E-state index contributed by atoms with van der Waals surface area (Å²) in [7, 11) is 0. The fourth-order valence-electron chi connectivity index (χ4n) is 4.85. The van der Waals surface area contributed by atoms with E-state index in [4.69, 9.17) is 19.4 Å². The molecule has 2 aliphatic heterocycles. The topological polar surface area (TPSA) is 129 Å². The van der Waals surface area contributed by atoms with Crippen LogP contribution in [0.2, 0.25) is 0 Å². The summed E-state index contributed by atoms with van der Waals surface area (Å²) in [6.07, 6.45) is 3.17.